The van der Waals surface area contributed by atoms with E-state index in [2.05, 4.69) is 51.3 Å². The highest BCUT2D eigenvalue weighted by Crippen LogP contribution is 2.41. The van der Waals surface area contributed by atoms with Crippen LogP contribution in [0, 0.1) is 11.3 Å². The fourth-order valence-corrected chi connectivity index (χ4v) is 8.89. The lowest BCUT2D eigenvalue weighted by Crippen LogP contribution is -2.60. The van der Waals surface area contributed by atoms with Gasteiger partial charge < -0.3 is 24.2 Å². The van der Waals surface area contributed by atoms with E-state index in [1.165, 1.54) is 9.80 Å². The van der Waals surface area contributed by atoms with Crippen molar-refractivity contribution in [1.29, 1.82) is 0 Å². The summed E-state index contributed by atoms with van der Waals surface area (Å²) < 4.78 is 37.4. The van der Waals surface area contributed by atoms with Crippen LogP contribution in [0.1, 0.15) is 125 Å². The Morgan fingerprint density at radius 3 is 2.04 bits per heavy atom. The molecule has 0 saturated carbocycles. The van der Waals surface area contributed by atoms with E-state index < -0.39 is 52.0 Å². The van der Waals surface area contributed by atoms with Crippen LogP contribution in [0.2, 0.25) is 0 Å². The van der Waals surface area contributed by atoms with E-state index in [1.807, 2.05) is 0 Å². The highest BCUT2D eigenvalue weighted by Gasteiger charge is 2.50. The van der Waals surface area contributed by atoms with E-state index in [1.54, 1.807) is 0 Å². The number of carboxylic acid groups (broad SMARTS) is 1. The molecule has 2 bridgehead atoms. The molecular formula is C34H63N5O9S. The van der Waals surface area contributed by atoms with Crippen molar-refractivity contribution in [2.24, 2.45) is 11.3 Å². The van der Waals surface area contributed by atoms with Gasteiger partial charge in [0.15, 0.2) is 0 Å². The van der Waals surface area contributed by atoms with Gasteiger partial charge in [0.05, 0.1) is 37.8 Å². The molecule has 0 aromatic carbocycles. The lowest BCUT2D eigenvalue weighted by molar-refractivity contribution is -0.953. The Bertz CT molecular complexity index is 1170. The minimum Gasteiger partial charge on any atom is -0.530 e. The van der Waals surface area contributed by atoms with Gasteiger partial charge in [-0.3, -0.25) is 14.2 Å². The number of piperidine rings is 2. The zero-order valence-corrected chi connectivity index (χ0v) is 31.5. The number of nitrogens with zero attached hydrogens (tertiary/aromatic N) is 4. The SMILES string of the molecule is CCCC[N+](CCCC)(CCCC)C(CCC)CC(C)(C)C(ONC(=O)[C@@H]1CC[C@@H]2CN1C(=O)N2OS(=O)(=O)O)C1CCN(C(=O)[O-])CC1. The maximum atomic E-state index is 13.7. The maximum Gasteiger partial charge on any atom is 0.418 e. The van der Waals surface area contributed by atoms with Crippen LogP contribution in [0.3, 0.4) is 0 Å². The fourth-order valence-electron chi connectivity index (χ4n) is 8.50. The molecule has 0 radical (unpaired) electrons. The molecule has 3 fully saturated rings. The van der Waals surface area contributed by atoms with Gasteiger partial charge in [0, 0.05) is 26.1 Å². The van der Waals surface area contributed by atoms with Crippen molar-refractivity contribution < 1.29 is 46.1 Å². The summed E-state index contributed by atoms with van der Waals surface area (Å²) >= 11 is 0. The molecule has 15 heteroatoms. The Balaban J connectivity index is 1.87. The fraction of sp³-hybridized carbons (Fsp3) is 0.912. The molecule has 3 aliphatic rings. The van der Waals surface area contributed by atoms with Crippen molar-refractivity contribution in [2.45, 2.75) is 149 Å². The highest BCUT2D eigenvalue weighted by molar-refractivity contribution is 7.80. The number of likely N-dealkylation sites (tertiary alicyclic amines) is 1. The number of nitrogens with one attached hydrogen (secondary N) is 1. The first-order chi connectivity index (χ1) is 23.1. The van der Waals surface area contributed by atoms with Crippen molar-refractivity contribution >= 4 is 28.4 Å². The molecule has 284 valence electrons. The molecule has 2 unspecified atom stereocenters. The van der Waals surface area contributed by atoms with Crippen molar-refractivity contribution in [1.82, 2.24) is 20.3 Å². The third kappa shape index (κ3) is 10.9. The summed E-state index contributed by atoms with van der Waals surface area (Å²) in [6, 6.07) is -1.94. The molecule has 0 aromatic rings. The van der Waals surface area contributed by atoms with E-state index >= 15 is 0 Å². The van der Waals surface area contributed by atoms with Crippen LogP contribution in [-0.4, -0.2) is 114 Å². The van der Waals surface area contributed by atoms with Crippen LogP contribution < -0.4 is 10.6 Å². The second-order valence-corrected chi connectivity index (χ2v) is 16.2. The average Bonchev–Trinajstić information content (AvgIpc) is 3.27. The van der Waals surface area contributed by atoms with Crippen molar-refractivity contribution in [3.05, 3.63) is 0 Å². The maximum absolute atomic E-state index is 13.7. The first kappa shape index (κ1) is 41.2. The predicted molar refractivity (Wildman–Crippen MR) is 183 cm³/mol. The summed E-state index contributed by atoms with van der Waals surface area (Å²) in [6.45, 7) is 17.5. The first-order valence-electron chi connectivity index (χ1n) is 18.7. The first-order valence-corrected chi connectivity index (χ1v) is 20.0. The van der Waals surface area contributed by atoms with Gasteiger partial charge in [0.1, 0.15) is 12.1 Å². The minimum absolute atomic E-state index is 0.0280. The summed E-state index contributed by atoms with van der Waals surface area (Å²) in [6.07, 6.45) is 9.97. The van der Waals surface area contributed by atoms with E-state index in [0.717, 1.165) is 81.9 Å². The van der Waals surface area contributed by atoms with E-state index in [-0.39, 0.29) is 18.9 Å². The molecule has 3 heterocycles. The molecule has 0 aliphatic carbocycles. The van der Waals surface area contributed by atoms with Gasteiger partial charge in [-0.2, -0.15) is 13.5 Å². The lowest BCUT2D eigenvalue weighted by atomic mass is 9.71. The number of carbonyl (C=O) groups excluding carboxylic acids is 3. The zero-order chi connectivity index (χ0) is 36.4. The number of carbonyl (C=O) groups is 3. The predicted octanol–water partition coefficient (Wildman–Crippen LogP) is 4.26. The Labute approximate surface area is 294 Å². The molecule has 3 rings (SSSR count). The molecule has 0 aromatic heterocycles. The molecule has 14 nitrogen and oxygen atoms in total. The number of hydrogen-bond donors (Lipinski definition) is 2. The number of hydroxylamine groups is 3. The molecule has 4 atom stereocenters. The summed E-state index contributed by atoms with van der Waals surface area (Å²) in [5.74, 6) is -0.544. The summed E-state index contributed by atoms with van der Waals surface area (Å²) in [5.41, 5.74) is 2.29. The molecule has 49 heavy (non-hydrogen) atoms. The van der Waals surface area contributed by atoms with Gasteiger partial charge in [0.2, 0.25) is 0 Å². The number of quaternary nitrogens is 1. The van der Waals surface area contributed by atoms with Crippen LogP contribution >= 0.6 is 0 Å². The number of amides is 4. The topological polar surface area (TPSA) is 169 Å². The van der Waals surface area contributed by atoms with Crippen LogP contribution in [0.4, 0.5) is 9.59 Å². The number of urea groups is 1. The second kappa shape index (κ2) is 18.3. The largest absolute Gasteiger partial charge is 0.530 e. The normalized spacial score (nSPS) is 22.0. The number of hydrogen-bond acceptors (Lipinski definition) is 8. The minimum atomic E-state index is -4.91. The van der Waals surface area contributed by atoms with E-state index in [4.69, 9.17) is 9.39 Å². The zero-order valence-electron chi connectivity index (χ0n) is 30.7. The van der Waals surface area contributed by atoms with Gasteiger partial charge in [0.25, 0.3) is 5.91 Å². The van der Waals surface area contributed by atoms with Gasteiger partial charge in [-0.15, -0.1) is 4.28 Å². The van der Waals surface area contributed by atoms with Gasteiger partial charge in [-0.05, 0) is 62.7 Å². The molecular weight excluding hydrogens is 654 g/mol. The van der Waals surface area contributed by atoms with Crippen molar-refractivity contribution in [3.63, 3.8) is 0 Å². The summed E-state index contributed by atoms with van der Waals surface area (Å²) in [7, 11) is -4.91. The Morgan fingerprint density at radius 2 is 1.55 bits per heavy atom. The number of unbranched alkanes of at least 4 members (excludes halogenated alkanes) is 3. The monoisotopic (exact) mass is 717 g/mol. The Hall–Kier alpha value is -2.20. The van der Waals surface area contributed by atoms with Crippen molar-refractivity contribution in [2.75, 3.05) is 39.3 Å². The van der Waals surface area contributed by atoms with Crippen LogP contribution in [0.15, 0.2) is 0 Å². The third-order valence-corrected chi connectivity index (χ3v) is 11.5. The van der Waals surface area contributed by atoms with Gasteiger partial charge in [-0.1, -0.05) is 67.2 Å². The lowest BCUT2D eigenvalue weighted by Gasteiger charge is -2.50. The van der Waals surface area contributed by atoms with Gasteiger partial charge in [-0.25, -0.2) is 10.3 Å². The van der Waals surface area contributed by atoms with Crippen molar-refractivity contribution in [3.8, 4) is 0 Å². The quantitative estimate of drug-likeness (QED) is 0.100. The molecule has 0 spiro atoms. The third-order valence-electron chi connectivity index (χ3n) is 11.1. The van der Waals surface area contributed by atoms with Crippen LogP contribution in [-0.2, 0) is 24.3 Å². The van der Waals surface area contributed by atoms with Gasteiger partial charge >= 0.3 is 16.4 Å². The molecule has 2 N–H and O–H groups in total. The Morgan fingerprint density at radius 1 is 0.980 bits per heavy atom. The van der Waals surface area contributed by atoms with Crippen LogP contribution in [0.5, 0.6) is 0 Å². The Kier molecular flexibility index (Phi) is 15.4. The van der Waals surface area contributed by atoms with Crippen LogP contribution in [0.25, 0.3) is 0 Å². The smallest absolute Gasteiger partial charge is 0.418 e. The highest BCUT2D eigenvalue weighted by atomic mass is 32.3. The molecule has 3 aliphatic heterocycles. The number of fused-ring (bicyclic) bond motifs is 2. The standard InChI is InChI=1S/C34H63N5O9S/c1-7-11-21-39(22-12-8-2,23-13-9-3)28(14-10-4)24-34(5,6)30(26-17-19-36(20-18-26)33(42)43)47-35-31(40)29-16-15-27-25-37(29)32(41)38(27)48-49(44,45)46/h26-30H,7-25H2,1-6H3,(H2-,35,40,42,43,44,45,46)/t27-,28?,29+,30?/m1/s1. The van der Waals surface area contributed by atoms with E-state index in [0.29, 0.717) is 43.5 Å². The molecule has 4 amide bonds. The summed E-state index contributed by atoms with van der Waals surface area (Å²) in [4.78, 5) is 47.3. The van der Waals surface area contributed by atoms with E-state index in [9.17, 15) is 27.9 Å². The molecule has 3 saturated heterocycles. The average molecular weight is 718 g/mol. The number of rotatable bonds is 21. The second-order valence-electron chi connectivity index (χ2n) is 15.2. The summed E-state index contributed by atoms with van der Waals surface area (Å²) in [5, 5.41) is 12.2.